The third kappa shape index (κ3) is 5.90. The van der Waals surface area contributed by atoms with Crippen LogP contribution in [-0.2, 0) is 9.59 Å². The number of allylic oxidation sites excluding steroid dienone is 2. The van der Waals surface area contributed by atoms with Gasteiger partial charge in [0.05, 0.1) is 13.5 Å². The largest absolute Gasteiger partial charge is 0.504 e. The number of rotatable bonds is 8. The number of ketones is 2. The third-order valence-corrected chi connectivity index (χ3v) is 3.71. The lowest BCUT2D eigenvalue weighted by molar-refractivity contribution is -0.121. The van der Waals surface area contributed by atoms with Crippen molar-refractivity contribution < 1.29 is 28.8 Å². The van der Waals surface area contributed by atoms with Gasteiger partial charge in [-0.05, 0) is 47.5 Å². The molecule has 0 saturated heterocycles. The van der Waals surface area contributed by atoms with Crippen LogP contribution >= 0.6 is 11.9 Å². The molecule has 0 aliphatic heterocycles. The second-order valence-corrected chi connectivity index (χ2v) is 5.67. The standard InChI is InChI=1S/C20H17ClO6/c1-26-19-10-13(4-8-17(19)24)2-6-15(22)12-16(23)7-3-14-5-9-18(25)20(11-14)27-21/h2-11,24-25H,12H2,1H3/b6-2+,7-3+. The molecule has 0 saturated carbocycles. The maximum absolute atomic E-state index is 11.9. The highest BCUT2D eigenvalue weighted by atomic mass is 35.5. The van der Waals surface area contributed by atoms with Crippen LogP contribution in [0.3, 0.4) is 0 Å². The van der Waals surface area contributed by atoms with Crippen LogP contribution in [0.25, 0.3) is 12.2 Å². The fraction of sp³-hybridized carbons (Fsp3) is 0.100. The summed E-state index contributed by atoms with van der Waals surface area (Å²) < 4.78 is 9.46. The molecule has 0 spiro atoms. The molecule has 0 radical (unpaired) electrons. The quantitative estimate of drug-likeness (QED) is 0.526. The molecule has 0 heterocycles. The Hall–Kier alpha value is -3.25. The lowest BCUT2D eigenvalue weighted by Crippen LogP contribution is -2.01. The van der Waals surface area contributed by atoms with Crippen molar-refractivity contribution in [3.8, 4) is 23.0 Å². The van der Waals surface area contributed by atoms with Gasteiger partial charge in [0.2, 0.25) is 0 Å². The number of ether oxygens (including phenoxy) is 1. The summed E-state index contributed by atoms with van der Waals surface area (Å²) in [5.41, 5.74) is 1.23. The molecule has 140 valence electrons. The number of benzene rings is 2. The average Bonchev–Trinajstić information content (AvgIpc) is 2.66. The molecule has 7 heteroatoms. The smallest absolute Gasteiger partial charge is 0.188 e. The second kappa shape index (κ2) is 9.45. The Kier molecular flexibility index (Phi) is 7.02. The van der Waals surface area contributed by atoms with Crippen molar-refractivity contribution in [1.82, 2.24) is 0 Å². The second-order valence-electron chi connectivity index (χ2n) is 5.51. The van der Waals surface area contributed by atoms with E-state index in [0.29, 0.717) is 11.1 Å². The average molecular weight is 389 g/mol. The first-order chi connectivity index (χ1) is 12.9. The topological polar surface area (TPSA) is 93.1 Å². The molecule has 0 bridgehead atoms. The SMILES string of the molecule is COc1cc(/C=C/C(=O)CC(=O)/C=C/c2ccc(O)c(OCl)c2)ccc1O. The van der Waals surface area contributed by atoms with Gasteiger partial charge in [0.1, 0.15) is 11.9 Å². The molecule has 0 aromatic heterocycles. The summed E-state index contributed by atoms with van der Waals surface area (Å²) in [6, 6.07) is 9.03. The van der Waals surface area contributed by atoms with E-state index in [4.69, 9.17) is 16.6 Å². The summed E-state index contributed by atoms with van der Waals surface area (Å²) in [7, 11) is 1.43. The highest BCUT2D eigenvalue weighted by Gasteiger charge is 2.06. The number of halogens is 1. The Bertz CT molecular complexity index is 828. The lowest BCUT2D eigenvalue weighted by atomic mass is 10.1. The van der Waals surface area contributed by atoms with E-state index in [1.54, 1.807) is 18.2 Å². The van der Waals surface area contributed by atoms with E-state index in [9.17, 15) is 19.8 Å². The van der Waals surface area contributed by atoms with Gasteiger partial charge >= 0.3 is 0 Å². The van der Waals surface area contributed by atoms with Crippen molar-refractivity contribution in [3.05, 3.63) is 59.7 Å². The number of phenols is 2. The van der Waals surface area contributed by atoms with E-state index in [0.717, 1.165) is 0 Å². The maximum Gasteiger partial charge on any atom is 0.188 e. The van der Waals surface area contributed by atoms with Gasteiger partial charge in [-0.1, -0.05) is 24.3 Å². The number of carbonyl (C=O) groups excluding carboxylic acids is 2. The Balaban J connectivity index is 1.96. The van der Waals surface area contributed by atoms with Crippen LogP contribution in [0.4, 0.5) is 0 Å². The molecule has 0 fully saturated rings. The molecule has 2 aromatic carbocycles. The Morgan fingerprint density at radius 2 is 1.41 bits per heavy atom. The van der Waals surface area contributed by atoms with Crippen LogP contribution < -0.4 is 9.03 Å². The molecule has 0 unspecified atom stereocenters. The van der Waals surface area contributed by atoms with E-state index in [1.165, 1.54) is 49.6 Å². The maximum atomic E-state index is 11.9. The molecular weight excluding hydrogens is 372 g/mol. The first-order valence-electron chi connectivity index (χ1n) is 7.83. The molecule has 0 amide bonds. The van der Waals surface area contributed by atoms with Crippen LogP contribution in [0.15, 0.2) is 48.6 Å². The zero-order valence-electron chi connectivity index (χ0n) is 14.4. The van der Waals surface area contributed by atoms with Gasteiger partial charge in [0.25, 0.3) is 0 Å². The minimum Gasteiger partial charge on any atom is -0.504 e. The zero-order valence-corrected chi connectivity index (χ0v) is 15.1. The number of aromatic hydroxyl groups is 2. The van der Waals surface area contributed by atoms with Gasteiger partial charge in [-0.2, -0.15) is 0 Å². The molecule has 0 aliphatic rings. The van der Waals surface area contributed by atoms with E-state index in [2.05, 4.69) is 4.29 Å². The predicted octanol–water partition coefficient (Wildman–Crippen LogP) is 3.89. The molecular formula is C20H17ClO6. The van der Waals surface area contributed by atoms with Gasteiger partial charge in [-0.3, -0.25) is 9.59 Å². The molecule has 2 aromatic rings. The number of hydrogen-bond donors (Lipinski definition) is 2. The summed E-state index contributed by atoms with van der Waals surface area (Å²) in [6.07, 6.45) is 5.28. The van der Waals surface area contributed by atoms with Crippen LogP contribution in [-0.4, -0.2) is 28.9 Å². The van der Waals surface area contributed by atoms with E-state index < -0.39 is 0 Å². The first-order valence-corrected chi connectivity index (χ1v) is 8.14. The van der Waals surface area contributed by atoms with E-state index >= 15 is 0 Å². The number of carbonyl (C=O) groups is 2. The number of phenolic OH excluding ortho intramolecular Hbond substituents is 2. The van der Waals surface area contributed by atoms with Gasteiger partial charge < -0.3 is 19.2 Å². The molecule has 0 atom stereocenters. The van der Waals surface area contributed by atoms with E-state index in [-0.39, 0.29) is 41.0 Å². The van der Waals surface area contributed by atoms with Crippen LogP contribution in [0.2, 0.25) is 0 Å². The van der Waals surface area contributed by atoms with Crippen molar-refractivity contribution in [1.29, 1.82) is 0 Å². The fourth-order valence-corrected chi connectivity index (χ4v) is 2.29. The van der Waals surface area contributed by atoms with E-state index in [1.807, 2.05) is 0 Å². The third-order valence-electron chi connectivity index (χ3n) is 3.54. The highest BCUT2D eigenvalue weighted by molar-refractivity contribution is 6.11. The van der Waals surface area contributed by atoms with Gasteiger partial charge in [0, 0.05) is 0 Å². The predicted molar refractivity (Wildman–Crippen MR) is 102 cm³/mol. The van der Waals surface area contributed by atoms with Crippen molar-refractivity contribution in [3.63, 3.8) is 0 Å². The lowest BCUT2D eigenvalue weighted by Gasteiger charge is -2.03. The molecule has 6 nitrogen and oxygen atoms in total. The van der Waals surface area contributed by atoms with Crippen molar-refractivity contribution in [2.24, 2.45) is 0 Å². The summed E-state index contributed by atoms with van der Waals surface area (Å²) in [4.78, 5) is 23.8. The van der Waals surface area contributed by atoms with Crippen LogP contribution in [0, 0.1) is 0 Å². The first kappa shape index (κ1) is 20.1. The Morgan fingerprint density at radius 3 is 1.89 bits per heavy atom. The number of hydrogen-bond acceptors (Lipinski definition) is 6. The van der Waals surface area contributed by atoms with Crippen LogP contribution in [0.5, 0.6) is 23.0 Å². The van der Waals surface area contributed by atoms with Crippen molar-refractivity contribution in [2.75, 3.05) is 7.11 Å². The Labute approximate surface area is 161 Å². The normalized spacial score (nSPS) is 11.0. The van der Waals surface area contributed by atoms with Gasteiger partial charge in [-0.15, -0.1) is 0 Å². The Morgan fingerprint density at radius 1 is 0.926 bits per heavy atom. The zero-order chi connectivity index (χ0) is 19.8. The van der Waals surface area contributed by atoms with Crippen molar-refractivity contribution in [2.45, 2.75) is 6.42 Å². The summed E-state index contributed by atoms with van der Waals surface area (Å²) in [5, 5.41) is 19.0. The molecule has 2 N–H and O–H groups in total. The number of methoxy groups -OCH3 is 1. The monoisotopic (exact) mass is 388 g/mol. The van der Waals surface area contributed by atoms with Gasteiger partial charge in [0.15, 0.2) is 34.6 Å². The fourth-order valence-electron chi connectivity index (χ4n) is 2.16. The van der Waals surface area contributed by atoms with Crippen molar-refractivity contribution >= 4 is 35.6 Å². The molecule has 0 aliphatic carbocycles. The summed E-state index contributed by atoms with van der Waals surface area (Å²) in [6.45, 7) is 0. The summed E-state index contributed by atoms with van der Waals surface area (Å²) in [5.74, 6) is -0.521. The minimum atomic E-state index is -0.380. The molecule has 2 rings (SSSR count). The molecule has 27 heavy (non-hydrogen) atoms. The van der Waals surface area contributed by atoms with Crippen LogP contribution in [0.1, 0.15) is 17.5 Å². The van der Waals surface area contributed by atoms with Gasteiger partial charge in [-0.25, -0.2) is 0 Å². The highest BCUT2D eigenvalue weighted by Crippen LogP contribution is 2.28. The summed E-state index contributed by atoms with van der Waals surface area (Å²) >= 11 is 5.22. The minimum absolute atomic E-state index is 0.00162.